The molecule has 102 valence electrons. The van der Waals surface area contributed by atoms with E-state index in [2.05, 4.69) is 47.1 Å². The van der Waals surface area contributed by atoms with Gasteiger partial charge in [0.15, 0.2) is 0 Å². The lowest BCUT2D eigenvalue weighted by molar-refractivity contribution is 0.532. The highest BCUT2D eigenvalue weighted by atomic mass is 79.9. The Labute approximate surface area is 120 Å². The molecule has 0 radical (unpaired) electrons. The molecular formula is C16H26BrN. The van der Waals surface area contributed by atoms with Crippen LogP contribution in [0.5, 0.6) is 0 Å². The lowest BCUT2D eigenvalue weighted by Crippen LogP contribution is -2.22. The second kappa shape index (κ2) is 9.57. The van der Waals surface area contributed by atoms with Crippen molar-refractivity contribution in [3.63, 3.8) is 0 Å². The number of benzene rings is 1. The largest absolute Gasteiger partial charge is 0.327 e. The normalized spacial score (nSPS) is 12.6. The predicted molar refractivity (Wildman–Crippen MR) is 83.8 cm³/mol. The van der Waals surface area contributed by atoms with Crippen molar-refractivity contribution < 1.29 is 0 Å². The zero-order chi connectivity index (χ0) is 13.2. The van der Waals surface area contributed by atoms with Gasteiger partial charge in [0.25, 0.3) is 0 Å². The summed E-state index contributed by atoms with van der Waals surface area (Å²) < 4.78 is 1.15. The average molecular weight is 312 g/mol. The molecule has 0 saturated carbocycles. The molecule has 0 heterocycles. The van der Waals surface area contributed by atoms with E-state index in [9.17, 15) is 0 Å². The van der Waals surface area contributed by atoms with Crippen LogP contribution in [-0.2, 0) is 6.42 Å². The first kappa shape index (κ1) is 15.7. The summed E-state index contributed by atoms with van der Waals surface area (Å²) in [6, 6.07) is 8.78. The second-order valence-electron chi connectivity index (χ2n) is 5.15. The molecule has 0 saturated heterocycles. The highest BCUT2D eigenvalue weighted by Crippen LogP contribution is 2.15. The molecule has 1 unspecified atom stereocenters. The van der Waals surface area contributed by atoms with Gasteiger partial charge in [-0.3, -0.25) is 0 Å². The summed E-state index contributed by atoms with van der Waals surface area (Å²) in [5.41, 5.74) is 7.52. The van der Waals surface area contributed by atoms with Crippen molar-refractivity contribution in [3.8, 4) is 0 Å². The van der Waals surface area contributed by atoms with Crippen molar-refractivity contribution in [1.82, 2.24) is 0 Å². The zero-order valence-electron chi connectivity index (χ0n) is 11.5. The Balaban J connectivity index is 2.12. The molecule has 1 rings (SSSR count). The Morgan fingerprint density at radius 3 is 2.56 bits per heavy atom. The van der Waals surface area contributed by atoms with Gasteiger partial charge in [0.1, 0.15) is 0 Å². The van der Waals surface area contributed by atoms with Crippen molar-refractivity contribution in [3.05, 3.63) is 34.3 Å². The molecule has 0 fully saturated rings. The summed E-state index contributed by atoms with van der Waals surface area (Å²) in [5, 5.41) is 0. The van der Waals surface area contributed by atoms with Crippen LogP contribution in [0.3, 0.4) is 0 Å². The molecule has 1 aromatic rings. The highest BCUT2D eigenvalue weighted by molar-refractivity contribution is 9.10. The molecule has 1 atom stereocenters. The standard InChI is InChI=1S/C16H26BrN/c1-2-3-4-5-6-7-11-16(18)13-14-9-8-10-15(17)12-14/h8-10,12,16H,2-7,11,13,18H2,1H3. The van der Waals surface area contributed by atoms with E-state index in [1.54, 1.807) is 0 Å². The number of hydrogen-bond acceptors (Lipinski definition) is 1. The van der Waals surface area contributed by atoms with Crippen LogP contribution in [0.2, 0.25) is 0 Å². The van der Waals surface area contributed by atoms with Gasteiger partial charge in [-0.15, -0.1) is 0 Å². The van der Waals surface area contributed by atoms with E-state index in [4.69, 9.17) is 5.73 Å². The fourth-order valence-electron chi connectivity index (χ4n) is 2.26. The van der Waals surface area contributed by atoms with Gasteiger partial charge in [-0.05, 0) is 30.5 Å². The third-order valence-corrected chi connectivity index (χ3v) is 3.81. The summed E-state index contributed by atoms with van der Waals surface area (Å²) in [7, 11) is 0. The highest BCUT2D eigenvalue weighted by Gasteiger charge is 2.04. The number of nitrogens with two attached hydrogens (primary N) is 1. The van der Waals surface area contributed by atoms with Gasteiger partial charge in [-0.1, -0.05) is 73.5 Å². The smallest absolute Gasteiger partial charge is 0.0178 e. The minimum Gasteiger partial charge on any atom is -0.327 e. The molecule has 0 amide bonds. The van der Waals surface area contributed by atoms with Gasteiger partial charge in [0, 0.05) is 10.5 Å². The number of hydrogen-bond donors (Lipinski definition) is 1. The van der Waals surface area contributed by atoms with E-state index >= 15 is 0 Å². The Hall–Kier alpha value is -0.340. The van der Waals surface area contributed by atoms with E-state index in [0.717, 1.165) is 17.3 Å². The molecule has 0 aliphatic heterocycles. The molecule has 0 bridgehead atoms. The first-order chi connectivity index (χ1) is 8.72. The van der Waals surface area contributed by atoms with Gasteiger partial charge in [-0.2, -0.15) is 0 Å². The molecule has 1 aromatic carbocycles. The van der Waals surface area contributed by atoms with Crippen LogP contribution in [0, 0.1) is 0 Å². The van der Waals surface area contributed by atoms with Crippen LogP contribution >= 0.6 is 15.9 Å². The maximum Gasteiger partial charge on any atom is 0.0178 e. The van der Waals surface area contributed by atoms with E-state index in [1.165, 1.54) is 44.1 Å². The zero-order valence-corrected chi connectivity index (χ0v) is 13.1. The second-order valence-corrected chi connectivity index (χ2v) is 6.07. The average Bonchev–Trinajstić information content (AvgIpc) is 2.33. The lowest BCUT2D eigenvalue weighted by Gasteiger charge is -2.11. The van der Waals surface area contributed by atoms with Crippen molar-refractivity contribution in [2.75, 3.05) is 0 Å². The van der Waals surface area contributed by atoms with Gasteiger partial charge in [0.2, 0.25) is 0 Å². The van der Waals surface area contributed by atoms with E-state index < -0.39 is 0 Å². The van der Waals surface area contributed by atoms with Crippen LogP contribution in [0.25, 0.3) is 0 Å². The fraction of sp³-hybridized carbons (Fsp3) is 0.625. The quantitative estimate of drug-likeness (QED) is 0.633. The molecule has 1 nitrogen and oxygen atoms in total. The number of unbranched alkanes of at least 4 members (excludes halogenated alkanes) is 5. The monoisotopic (exact) mass is 311 g/mol. The SMILES string of the molecule is CCCCCCCCC(N)Cc1cccc(Br)c1. The Morgan fingerprint density at radius 1 is 1.11 bits per heavy atom. The van der Waals surface area contributed by atoms with E-state index in [0.29, 0.717) is 6.04 Å². The van der Waals surface area contributed by atoms with Crippen LogP contribution < -0.4 is 5.73 Å². The maximum absolute atomic E-state index is 6.18. The molecule has 18 heavy (non-hydrogen) atoms. The third kappa shape index (κ3) is 7.17. The van der Waals surface area contributed by atoms with Crippen LogP contribution in [0.15, 0.2) is 28.7 Å². The summed E-state index contributed by atoms with van der Waals surface area (Å²) in [4.78, 5) is 0. The van der Waals surface area contributed by atoms with Gasteiger partial charge in [0.05, 0.1) is 0 Å². The first-order valence-electron chi connectivity index (χ1n) is 7.22. The Morgan fingerprint density at radius 2 is 1.83 bits per heavy atom. The summed E-state index contributed by atoms with van der Waals surface area (Å²) in [6.07, 6.45) is 10.2. The van der Waals surface area contributed by atoms with Crippen molar-refractivity contribution >= 4 is 15.9 Å². The number of halogens is 1. The molecule has 0 aliphatic carbocycles. The molecule has 2 N–H and O–H groups in total. The minimum absolute atomic E-state index is 0.311. The van der Waals surface area contributed by atoms with Crippen molar-refractivity contribution in [1.29, 1.82) is 0 Å². The van der Waals surface area contributed by atoms with Crippen LogP contribution in [0.1, 0.15) is 57.4 Å². The summed E-state index contributed by atoms with van der Waals surface area (Å²) in [5.74, 6) is 0. The molecule has 0 spiro atoms. The molecular weight excluding hydrogens is 286 g/mol. The van der Waals surface area contributed by atoms with E-state index in [-0.39, 0.29) is 0 Å². The topological polar surface area (TPSA) is 26.0 Å². The molecule has 2 heteroatoms. The first-order valence-corrected chi connectivity index (χ1v) is 8.01. The number of rotatable bonds is 9. The Kier molecular flexibility index (Phi) is 8.36. The third-order valence-electron chi connectivity index (χ3n) is 3.32. The summed E-state index contributed by atoms with van der Waals surface area (Å²) in [6.45, 7) is 2.26. The van der Waals surface area contributed by atoms with Gasteiger partial charge in [-0.25, -0.2) is 0 Å². The van der Waals surface area contributed by atoms with Gasteiger partial charge < -0.3 is 5.73 Å². The molecule has 0 aromatic heterocycles. The lowest BCUT2D eigenvalue weighted by atomic mass is 10.0. The van der Waals surface area contributed by atoms with Gasteiger partial charge >= 0.3 is 0 Å². The van der Waals surface area contributed by atoms with Crippen LogP contribution in [-0.4, -0.2) is 6.04 Å². The van der Waals surface area contributed by atoms with Crippen molar-refractivity contribution in [2.45, 2.75) is 64.3 Å². The fourth-order valence-corrected chi connectivity index (χ4v) is 2.70. The van der Waals surface area contributed by atoms with Crippen molar-refractivity contribution in [2.24, 2.45) is 5.73 Å². The van der Waals surface area contributed by atoms with Crippen LogP contribution in [0.4, 0.5) is 0 Å². The Bertz CT molecular complexity index is 325. The summed E-state index contributed by atoms with van der Waals surface area (Å²) >= 11 is 3.50. The maximum atomic E-state index is 6.18. The molecule has 0 aliphatic rings. The van der Waals surface area contributed by atoms with E-state index in [1.807, 2.05) is 0 Å². The predicted octanol–water partition coefficient (Wildman–Crippen LogP) is 5.07. The minimum atomic E-state index is 0.311.